The summed E-state index contributed by atoms with van der Waals surface area (Å²) < 4.78 is 11.7. The molecule has 31 heavy (non-hydrogen) atoms. The second kappa shape index (κ2) is 10.1. The third-order valence-corrected chi connectivity index (χ3v) is 6.51. The van der Waals surface area contributed by atoms with Crippen molar-refractivity contribution >= 4 is 44.4 Å². The van der Waals surface area contributed by atoms with Crippen LogP contribution in [0, 0.1) is 0 Å². The lowest BCUT2D eigenvalue weighted by molar-refractivity contribution is -0.141. The first-order valence-corrected chi connectivity index (χ1v) is 11.1. The zero-order valence-electron chi connectivity index (χ0n) is 18.3. The molecule has 3 amide bonds. The normalized spacial score (nSPS) is 14.0. The SMILES string of the molecule is CCN(CC)CCN(C(=O)CN1C(=O)CCC1=O)c1nc2c(OC)ccc(OC)c2s1. The number of nitrogens with zero attached hydrogens (tertiary/aromatic N) is 4. The van der Waals surface area contributed by atoms with Gasteiger partial charge in [-0.2, -0.15) is 0 Å². The number of methoxy groups -OCH3 is 2. The number of hydrogen-bond donors (Lipinski definition) is 0. The number of amides is 3. The molecule has 0 radical (unpaired) electrons. The molecule has 1 saturated heterocycles. The minimum Gasteiger partial charge on any atom is -0.495 e. The van der Waals surface area contributed by atoms with Crippen molar-refractivity contribution in [3.05, 3.63) is 12.1 Å². The Labute approximate surface area is 185 Å². The van der Waals surface area contributed by atoms with Crippen molar-refractivity contribution in [2.24, 2.45) is 0 Å². The molecule has 0 atom stereocenters. The molecule has 0 aliphatic carbocycles. The quantitative estimate of drug-likeness (QED) is 0.514. The predicted octanol–water partition coefficient (Wildman–Crippen LogP) is 2.14. The molecule has 0 unspecified atom stereocenters. The van der Waals surface area contributed by atoms with Crippen LogP contribution in [-0.4, -0.2) is 79.4 Å². The molecule has 2 aromatic rings. The second-order valence-electron chi connectivity index (χ2n) is 7.09. The average Bonchev–Trinajstić information content (AvgIpc) is 3.35. The highest BCUT2D eigenvalue weighted by Gasteiger charge is 2.33. The summed E-state index contributed by atoms with van der Waals surface area (Å²) in [6.07, 6.45) is 0.308. The molecule has 10 heteroatoms. The van der Waals surface area contributed by atoms with E-state index in [-0.39, 0.29) is 37.1 Å². The van der Waals surface area contributed by atoms with Gasteiger partial charge in [-0.25, -0.2) is 4.98 Å². The number of hydrogen-bond acceptors (Lipinski definition) is 8. The highest BCUT2D eigenvalue weighted by molar-refractivity contribution is 7.22. The molecular weight excluding hydrogens is 420 g/mol. The van der Waals surface area contributed by atoms with Gasteiger partial charge < -0.3 is 14.4 Å². The lowest BCUT2D eigenvalue weighted by Gasteiger charge is -2.26. The maximum Gasteiger partial charge on any atom is 0.248 e. The van der Waals surface area contributed by atoms with Gasteiger partial charge in [0.05, 0.1) is 14.2 Å². The van der Waals surface area contributed by atoms with E-state index in [0.29, 0.717) is 35.2 Å². The van der Waals surface area contributed by atoms with Crippen LogP contribution in [0.2, 0.25) is 0 Å². The fourth-order valence-electron chi connectivity index (χ4n) is 3.52. The number of carbonyl (C=O) groups is 3. The zero-order valence-corrected chi connectivity index (χ0v) is 19.2. The summed E-state index contributed by atoms with van der Waals surface area (Å²) >= 11 is 1.32. The number of imide groups is 1. The number of anilines is 1. The lowest BCUT2D eigenvalue weighted by Crippen LogP contribution is -2.45. The van der Waals surface area contributed by atoms with Crippen LogP contribution in [0.5, 0.6) is 11.5 Å². The second-order valence-corrected chi connectivity index (χ2v) is 8.07. The number of carbonyl (C=O) groups excluding carboxylic acids is 3. The number of fused-ring (bicyclic) bond motifs is 1. The molecule has 9 nitrogen and oxygen atoms in total. The van der Waals surface area contributed by atoms with E-state index in [0.717, 1.165) is 22.7 Å². The van der Waals surface area contributed by atoms with Crippen molar-refractivity contribution < 1.29 is 23.9 Å². The van der Waals surface area contributed by atoms with Gasteiger partial charge in [0.25, 0.3) is 0 Å². The van der Waals surface area contributed by atoms with E-state index in [1.807, 2.05) is 0 Å². The van der Waals surface area contributed by atoms with Crippen LogP contribution >= 0.6 is 11.3 Å². The first-order chi connectivity index (χ1) is 14.9. The molecule has 1 aromatic heterocycles. The topological polar surface area (TPSA) is 92.3 Å². The van der Waals surface area contributed by atoms with E-state index < -0.39 is 0 Å². The molecule has 168 valence electrons. The Kier molecular flexibility index (Phi) is 7.45. The number of thiazole rings is 1. The van der Waals surface area contributed by atoms with Gasteiger partial charge in [0.15, 0.2) is 5.13 Å². The number of benzene rings is 1. The minimum atomic E-state index is -0.340. The first kappa shape index (κ1) is 23.0. The molecule has 0 spiro atoms. The van der Waals surface area contributed by atoms with Gasteiger partial charge in [-0.05, 0) is 25.2 Å². The van der Waals surface area contributed by atoms with Crippen LogP contribution in [0.3, 0.4) is 0 Å². The first-order valence-electron chi connectivity index (χ1n) is 10.3. The fraction of sp³-hybridized carbons (Fsp3) is 0.524. The van der Waals surface area contributed by atoms with Crippen LogP contribution in [-0.2, 0) is 14.4 Å². The Hall–Kier alpha value is -2.72. The minimum absolute atomic E-state index is 0.154. The van der Waals surface area contributed by atoms with Crippen LogP contribution in [0.25, 0.3) is 10.2 Å². The molecule has 0 bridgehead atoms. The molecule has 0 saturated carbocycles. The van der Waals surface area contributed by atoms with Crippen molar-refractivity contribution in [3.63, 3.8) is 0 Å². The maximum absolute atomic E-state index is 13.2. The summed E-state index contributed by atoms with van der Waals surface area (Å²) in [6.45, 7) is 6.58. The van der Waals surface area contributed by atoms with Crippen LogP contribution in [0.4, 0.5) is 5.13 Å². The van der Waals surface area contributed by atoms with Gasteiger partial charge in [0.2, 0.25) is 17.7 Å². The summed E-state index contributed by atoms with van der Waals surface area (Å²) in [5, 5.41) is 0.481. The zero-order chi connectivity index (χ0) is 22.5. The summed E-state index contributed by atoms with van der Waals surface area (Å²) in [6, 6.07) is 3.57. The van der Waals surface area contributed by atoms with Crippen LogP contribution in [0.15, 0.2) is 12.1 Å². The van der Waals surface area contributed by atoms with E-state index in [1.54, 1.807) is 31.3 Å². The molecule has 1 aliphatic heterocycles. The van der Waals surface area contributed by atoms with Crippen LogP contribution < -0.4 is 14.4 Å². The van der Waals surface area contributed by atoms with Crippen molar-refractivity contribution in [1.29, 1.82) is 0 Å². The molecule has 2 heterocycles. The van der Waals surface area contributed by atoms with Crippen molar-refractivity contribution in [3.8, 4) is 11.5 Å². The number of ether oxygens (including phenoxy) is 2. The molecule has 1 fully saturated rings. The smallest absolute Gasteiger partial charge is 0.248 e. The monoisotopic (exact) mass is 448 g/mol. The molecule has 3 rings (SSSR count). The summed E-state index contributed by atoms with van der Waals surface area (Å²) in [5.41, 5.74) is 0.607. The van der Waals surface area contributed by atoms with Crippen molar-refractivity contribution in [2.75, 3.05) is 51.8 Å². The van der Waals surface area contributed by atoms with Gasteiger partial charge in [0.1, 0.15) is 28.3 Å². The van der Waals surface area contributed by atoms with Crippen molar-refractivity contribution in [1.82, 2.24) is 14.8 Å². The maximum atomic E-state index is 13.2. The van der Waals surface area contributed by atoms with Gasteiger partial charge in [-0.15, -0.1) is 0 Å². The molecular formula is C21H28N4O5S. The lowest BCUT2D eigenvalue weighted by atomic mass is 10.3. The third kappa shape index (κ3) is 4.80. The fourth-order valence-corrected chi connectivity index (χ4v) is 4.64. The summed E-state index contributed by atoms with van der Waals surface area (Å²) in [5.74, 6) is 0.261. The molecule has 1 aromatic carbocycles. The van der Waals surface area contributed by atoms with E-state index in [2.05, 4.69) is 23.7 Å². The number of likely N-dealkylation sites (N-methyl/N-ethyl adjacent to an activating group) is 1. The Morgan fingerprint density at radius 1 is 1.06 bits per heavy atom. The standard InChI is InChI=1S/C21H28N4O5S/c1-5-23(6-2)11-12-24(18(28)13-25-16(26)9-10-17(25)27)21-22-19-14(29-3)7-8-15(30-4)20(19)31-21/h7-8H,5-6,9-13H2,1-4H3. The molecule has 0 N–H and O–H groups in total. The highest BCUT2D eigenvalue weighted by atomic mass is 32.1. The Morgan fingerprint density at radius 2 is 1.68 bits per heavy atom. The van der Waals surface area contributed by atoms with Gasteiger partial charge >= 0.3 is 0 Å². The highest BCUT2D eigenvalue weighted by Crippen LogP contribution is 2.40. The molecule has 1 aliphatic rings. The van der Waals surface area contributed by atoms with E-state index in [1.165, 1.54) is 11.3 Å². The Morgan fingerprint density at radius 3 is 2.26 bits per heavy atom. The Bertz CT molecular complexity index is 915. The largest absolute Gasteiger partial charge is 0.495 e. The van der Waals surface area contributed by atoms with Crippen LogP contribution in [0.1, 0.15) is 26.7 Å². The Balaban J connectivity index is 1.96. The van der Waals surface area contributed by atoms with Gasteiger partial charge in [-0.1, -0.05) is 25.2 Å². The van der Waals surface area contributed by atoms with E-state index in [9.17, 15) is 14.4 Å². The number of likely N-dealkylation sites (tertiary alicyclic amines) is 1. The van der Waals surface area contributed by atoms with Gasteiger partial charge in [-0.3, -0.25) is 24.2 Å². The van der Waals surface area contributed by atoms with E-state index >= 15 is 0 Å². The third-order valence-electron chi connectivity index (χ3n) is 5.41. The number of aromatic nitrogens is 1. The average molecular weight is 449 g/mol. The van der Waals surface area contributed by atoms with Gasteiger partial charge in [0, 0.05) is 25.9 Å². The van der Waals surface area contributed by atoms with E-state index in [4.69, 9.17) is 9.47 Å². The summed E-state index contributed by atoms with van der Waals surface area (Å²) in [7, 11) is 3.14. The van der Waals surface area contributed by atoms with Crippen molar-refractivity contribution in [2.45, 2.75) is 26.7 Å². The summed E-state index contributed by atoms with van der Waals surface area (Å²) in [4.78, 5) is 46.7. The predicted molar refractivity (Wildman–Crippen MR) is 119 cm³/mol. The number of rotatable bonds is 10.